The van der Waals surface area contributed by atoms with Gasteiger partial charge in [0.05, 0.1) is 5.56 Å². The third-order valence-electron chi connectivity index (χ3n) is 6.00. The molecule has 4 nitrogen and oxygen atoms in total. The molecular weight excluding hydrogens is 429 g/mol. The minimum atomic E-state index is -4.50. The molecular formula is C26H23F3N2O2. The van der Waals surface area contributed by atoms with E-state index < -0.39 is 17.3 Å². The highest BCUT2D eigenvalue weighted by Crippen LogP contribution is 2.34. The lowest BCUT2D eigenvalue weighted by atomic mass is 9.82. The molecule has 1 heterocycles. The number of benzene rings is 3. The maximum Gasteiger partial charge on any atom is 0.416 e. The molecule has 1 aliphatic rings. The van der Waals surface area contributed by atoms with Crippen molar-refractivity contribution in [1.29, 1.82) is 0 Å². The van der Waals surface area contributed by atoms with Gasteiger partial charge in [-0.15, -0.1) is 0 Å². The van der Waals surface area contributed by atoms with Crippen molar-refractivity contribution < 1.29 is 22.8 Å². The molecule has 0 aliphatic carbocycles. The molecule has 4 rings (SSSR count). The first-order chi connectivity index (χ1) is 15.7. The second kappa shape index (κ2) is 8.73. The van der Waals surface area contributed by atoms with Crippen LogP contribution in [0.3, 0.4) is 0 Å². The van der Waals surface area contributed by atoms with Crippen molar-refractivity contribution in [2.75, 3.05) is 0 Å². The van der Waals surface area contributed by atoms with E-state index in [1.165, 1.54) is 17.0 Å². The van der Waals surface area contributed by atoms with E-state index >= 15 is 0 Å². The number of hydrogen-bond acceptors (Lipinski definition) is 2. The van der Waals surface area contributed by atoms with E-state index in [2.05, 4.69) is 5.32 Å². The zero-order chi connectivity index (χ0) is 23.6. The van der Waals surface area contributed by atoms with Crippen LogP contribution in [0.15, 0.2) is 78.9 Å². The van der Waals surface area contributed by atoms with E-state index in [4.69, 9.17) is 0 Å². The van der Waals surface area contributed by atoms with Crippen LogP contribution in [0.25, 0.3) is 0 Å². The Morgan fingerprint density at radius 2 is 1.64 bits per heavy atom. The molecule has 33 heavy (non-hydrogen) atoms. The molecule has 0 unspecified atom stereocenters. The van der Waals surface area contributed by atoms with Crippen LogP contribution in [0.4, 0.5) is 13.2 Å². The van der Waals surface area contributed by atoms with Crippen LogP contribution < -0.4 is 5.32 Å². The molecule has 0 bridgehead atoms. The normalized spacial score (nSPS) is 18.1. The number of halogens is 3. The fourth-order valence-electron chi connectivity index (χ4n) is 4.17. The summed E-state index contributed by atoms with van der Waals surface area (Å²) in [6.07, 6.45) is -4.24. The predicted molar refractivity (Wildman–Crippen MR) is 118 cm³/mol. The molecule has 1 N–H and O–H groups in total. The van der Waals surface area contributed by atoms with Gasteiger partial charge in [0.1, 0.15) is 5.54 Å². The molecule has 0 radical (unpaired) electrons. The van der Waals surface area contributed by atoms with Crippen LogP contribution in [-0.2, 0) is 30.5 Å². The van der Waals surface area contributed by atoms with Gasteiger partial charge in [-0.25, -0.2) is 0 Å². The predicted octanol–water partition coefficient (Wildman–Crippen LogP) is 4.98. The van der Waals surface area contributed by atoms with Crippen LogP contribution in [-0.4, -0.2) is 22.3 Å². The van der Waals surface area contributed by atoms with Crippen molar-refractivity contribution in [2.45, 2.75) is 38.1 Å². The van der Waals surface area contributed by atoms with Gasteiger partial charge in [-0.3, -0.25) is 9.59 Å². The van der Waals surface area contributed by atoms with Crippen molar-refractivity contribution in [2.24, 2.45) is 0 Å². The molecule has 1 aliphatic heterocycles. The van der Waals surface area contributed by atoms with Crippen molar-refractivity contribution in [3.05, 3.63) is 107 Å². The van der Waals surface area contributed by atoms with Crippen LogP contribution in [0.1, 0.15) is 39.5 Å². The molecule has 0 saturated carbocycles. The first kappa shape index (κ1) is 22.6. The zero-order valence-corrected chi connectivity index (χ0v) is 18.0. The topological polar surface area (TPSA) is 49.4 Å². The van der Waals surface area contributed by atoms with Gasteiger partial charge < -0.3 is 10.2 Å². The average molecular weight is 452 g/mol. The number of amides is 2. The number of hydrogen-bond donors (Lipinski definition) is 1. The first-order valence-corrected chi connectivity index (χ1v) is 10.6. The van der Waals surface area contributed by atoms with Crippen molar-refractivity contribution in [3.63, 3.8) is 0 Å². The van der Waals surface area contributed by atoms with Gasteiger partial charge in [0, 0.05) is 25.1 Å². The van der Waals surface area contributed by atoms with E-state index in [0.29, 0.717) is 11.1 Å². The summed E-state index contributed by atoms with van der Waals surface area (Å²) in [7, 11) is 0. The van der Waals surface area contributed by atoms with Gasteiger partial charge in [0.25, 0.3) is 5.91 Å². The maximum atomic E-state index is 13.4. The lowest BCUT2D eigenvalue weighted by Gasteiger charge is -2.44. The highest BCUT2D eigenvalue weighted by molar-refractivity contribution is 6.02. The zero-order valence-electron chi connectivity index (χ0n) is 18.0. The highest BCUT2D eigenvalue weighted by atomic mass is 19.4. The maximum absolute atomic E-state index is 13.4. The lowest BCUT2D eigenvalue weighted by Crippen LogP contribution is -2.62. The average Bonchev–Trinajstić information content (AvgIpc) is 2.80. The third-order valence-corrected chi connectivity index (χ3v) is 6.00. The van der Waals surface area contributed by atoms with Crippen LogP contribution in [0.5, 0.6) is 0 Å². The minimum absolute atomic E-state index is 0.119. The highest BCUT2D eigenvalue weighted by Gasteiger charge is 2.46. The van der Waals surface area contributed by atoms with Gasteiger partial charge in [0.2, 0.25) is 5.91 Å². The molecule has 0 saturated heterocycles. The van der Waals surface area contributed by atoms with E-state index in [0.717, 1.165) is 23.3 Å². The van der Waals surface area contributed by atoms with Crippen LogP contribution in [0, 0.1) is 0 Å². The summed E-state index contributed by atoms with van der Waals surface area (Å²) in [5.41, 5.74) is 0.341. The number of rotatable bonds is 5. The van der Waals surface area contributed by atoms with E-state index in [-0.39, 0.29) is 31.3 Å². The minimum Gasteiger partial charge on any atom is -0.350 e. The Balaban J connectivity index is 1.67. The number of nitrogens with one attached hydrogen (secondary N) is 1. The standard InChI is InChI=1S/C26H23F3N2O2/c1-25(24(33)30-16-18-8-3-2-4-9-18)15-20-11-5-6-13-22(20)23(32)31(25)17-19-10-7-12-21(14-19)26(27,28)29/h2-14H,15-17H2,1H3,(H,30,33)/t25-/m1/s1. The second-order valence-electron chi connectivity index (χ2n) is 8.37. The number of fused-ring (bicyclic) bond motifs is 1. The molecule has 2 amide bonds. The molecule has 1 atom stereocenters. The molecule has 3 aromatic rings. The summed E-state index contributed by atoms with van der Waals surface area (Å²) in [6, 6.07) is 21.2. The van der Waals surface area contributed by atoms with Crippen molar-refractivity contribution in [1.82, 2.24) is 10.2 Å². The van der Waals surface area contributed by atoms with E-state index in [9.17, 15) is 22.8 Å². The van der Waals surface area contributed by atoms with Gasteiger partial charge in [-0.2, -0.15) is 13.2 Å². The number of nitrogens with zero attached hydrogens (tertiary/aromatic N) is 1. The number of alkyl halides is 3. The van der Waals surface area contributed by atoms with Crippen LogP contribution in [0.2, 0.25) is 0 Å². The number of carbonyl (C=O) groups is 2. The summed E-state index contributed by atoms with van der Waals surface area (Å²) in [5, 5.41) is 2.90. The summed E-state index contributed by atoms with van der Waals surface area (Å²) >= 11 is 0. The number of carbonyl (C=O) groups excluding carboxylic acids is 2. The lowest BCUT2D eigenvalue weighted by molar-refractivity contribution is -0.137. The molecule has 3 aromatic carbocycles. The van der Waals surface area contributed by atoms with Gasteiger partial charge >= 0.3 is 6.18 Å². The second-order valence-corrected chi connectivity index (χ2v) is 8.37. The van der Waals surface area contributed by atoms with E-state index in [1.807, 2.05) is 30.3 Å². The first-order valence-electron chi connectivity index (χ1n) is 10.6. The van der Waals surface area contributed by atoms with Crippen molar-refractivity contribution in [3.8, 4) is 0 Å². The Morgan fingerprint density at radius 1 is 0.970 bits per heavy atom. The Labute approximate surface area is 190 Å². The van der Waals surface area contributed by atoms with Gasteiger partial charge in [0.15, 0.2) is 0 Å². The van der Waals surface area contributed by atoms with Crippen molar-refractivity contribution >= 4 is 11.8 Å². The molecule has 0 spiro atoms. The summed E-state index contributed by atoms with van der Waals surface area (Å²) in [6.45, 7) is 1.82. The SMILES string of the molecule is C[C@]1(C(=O)NCc2ccccc2)Cc2ccccc2C(=O)N1Cc1cccc(C(F)(F)F)c1. The summed E-state index contributed by atoms with van der Waals surface area (Å²) in [4.78, 5) is 28.2. The summed E-state index contributed by atoms with van der Waals surface area (Å²) < 4.78 is 39.7. The third kappa shape index (κ3) is 4.62. The van der Waals surface area contributed by atoms with Crippen LogP contribution >= 0.6 is 0 Å². The molecule has 7 heteroatoms. The Morgan fingerprint density at radius 3 is 2.36 bits per heavy atom. The summed E-state index contributed by atoms with van der Waals surface area (Å²) in [5.74, 6) is -0.743. The largest absolute Gasteiger partial charge is 0.416 e. The molecule has 0 fully saturated rings. The fraction of sp³-hybridized carbons (Fsp3) is 0.231. The molecule has 0 aromatic heterocycles. The smallest absolute Gasteiger partial charge is 0.350 e. The molecule has 170 valence electrons. The fourth-order valence-corrected chi connectivity index (χ4v) is 4.17. The van der Waals surface area contributed by atoms with E-state index in [1.54, 1.807) is 31.2 Å². The quantitative estimate of drug-likeness (QED) is 0.594. The Kier molecular flexibility index (Phi) is 5.97. The monoisotopic (exact) mass is 452 g/mol. The van der Waals surface area contributed by atoms with Gasteiger partial charge in [-0.05, 0) is 41.8 Å². The van der Waals surface area contributed by atoms with Gasteiger partial charge in [-0.1, -0.05) is 60.7 Å². The Bertz CT molecular complexity index is 1180. The Hall–Kier alpha value is -3.61.